The van der Waals surface area contributed by atoms with Gasteiger partial charge in [0, 0.05) is 25.2 Å². The van der Waals surface area contributed by atoms with Crippen LogP contribution in [0.25, 0.3) is 0 Å². The lowest BCUT2D eigenvalue weighted by Gasteiger charge is -2.37. The maximum atomic E-state index is 12.1. The minimum Gasteiger partial charge on any atom is -0.352 e. The predicted octanol–water partition coefficient (Wildman–Crippen LogP) is 1.76. The smallest absolute Gasteiger partial charge is 0.234 e. The van der Waals surface area contributed by atoms with Gasteiger partial charge in [-0.2, -0.15) is 0 Å². The largest absolute Gasteiger partial charge is 0.352 e. The second-order valence-corrected chi connectivity index (χ2v) is 6.61. The van der Waals surface area contributed by atoms with E-state index in [1.54, 1.807) is 0 Å². The van der Waals surface area contributed by atoms with Crippen molar-refractivity contribution in [1.29, 1.82) is 0 Å². The molecule has 1 heterocycles. The third kappa shape index (κ3) is 4.74. The molecule has 4 heteroatoms. The molecule has 0 bridgehead atoms. The van der Waals surface area contributed by atoms with Gasteiger partial charge in [0.05, 0.1) is 6.54 Å². The lowest BCUT2D eigenvalue weighted by molar-refractivity contribution is -0.123. The number of nitrogens with zero attached hydrogens (tertiary/aromatic N) is 1. The molecule has 116 valence electrons. The summed E-state index contributed by atoms with van der Waals surface area (Å²) in [5.74, 6) is 0.860. The highest BCUT2D eigenvalue weighted by Gasteiger charge is 2.27. The SMILES string of the molecule is CCCNC1CCN(CC(=O)NC2CCCC2)CC1C. The van der Waals surface area contributed by atoms with Crippen LogP contribution in [0.2, 0.25) is 0 Å². The Hall–Kier alpha value is -0.610. The number of hydrogen-bond acceptors (Lipinski definition) is 3. The summed E-state index contributed by atoms with van der Waals surface area (Å²) < 4.78 is 0. The Morgan fingerprint density at radius 2 is 2.00 bits per heavy atom. The third-order valence-corrected chi connectivity index (χ3v) is 4.73. The number of carbonyl (C=O) groups excluding carboxylic acids is 1. The number of piperidine rings is 1. The highest BCUT2D eigenvalue weighted by molar-refractivity contribution is 5.78. The second-order valence-electron chi connectivity index (χ2n) is 6.61. The Balaban J connectivity index is 1.68. The second kappa shape index (κ2) is 7.99. The topological polar surface area (TPSA) is 44.4 Å². The zero-order valence-electron chi connectivity index (χ0n) is 13.2. The molecule has 2 rings (SSSR count). The minimum absolute atomic E-state index is 0.226. The van der Waals surface area contributed by atoms with E-state index in [0.29, 0.717) is 24.5 Å². The van der Waals surface area contributed by atoms with Crippen molar-refractivity contribution in [2.45, 2.75) is 64.5 Å². The molecule has 0 aromatic rings. The fourth-order valence-electron chi connectivity index (χ4n) is 3.56. The predicted molar refractivity (Wildman–Crippen MR) is 82.7 cm³/mol. The molecular formula is C16H31N3O. The van der Waals surface area contributed by atoms with Crippen molar-refractivity contribution >= 4 is 5.91 Å². The van der Waals surface area contributed by atoms with Gasteiger partial charge in [-0.3, -0.25) is 9.69 Å². The van der Waals surface area contributed by atoms with Crippen LogP contribution in [0.1, 0.15) is 52.4 Å². The number of carbonyl (C=O) groups is 1. The Labute approximate surface area is 123 Å². The van der Waals surface area contributed by atoms with Crippen LogP contribution in [0.5, 0.6) is 0 Å². The van der Waals surface area contributed by atoms with Crippen molar-refractivity contribution in [2.24, 2.45) is 5.92 Å². The summed E-state index contributed by atoms with van der Waals surface area (Å²) >= 11 is 0. The van der Waals surface area contributed by atoms with Crippen LogP contribution in [0.3, 0.4) is 0 Å². The third-order valence-electron chi connectivity index (χ3n) is 4.73. The van der Waals surface area contributed by atoms with Gasteiger partial charge >= 0.3 is 0 Å². The maximum absolute atomic E-state index is 12.1. The van der Waals surface area contributed by atoms with Crippen molar-refractivity contribution in [3.63, 3.8) is 0 Å². The van der Waals surface area contributed by atoms with Crippen LogP contribution in [0.15, 0.2) is 0 Å². The Morgan fingerprint density at radius 3 is 2.65 bits per heavy atom. The number of amides is 1. The van der Waals surface area contributed by atoms with E-state index >= 15 is 0 Å². The van der Waals surface area contributed by atoms with Crippen LogP contribution >= 0.6 is 0 Å². The van der Waals surface area contributed by atoms with Crippen molar-refractivity contribution in [3.8, 4) is 0 Å². The van der Waals surface area contributed by atoms with Gasteiger partial charge in [-0.25, -0.2) is 0 Å². The first-order chi connectivity index (χ1) is 9.69. The standard InChI is InChI=1S/C16H31N3O/c1-3-9-17-15-8-10-19(11-13(15)2)12-16(20)18-14-6-4-5-7-14/h13-15,17H,3-12H2,1-2H3,(H,18,20). The van der Waals surface area contributed by atoms with Gasteiger partial charge in [-0.15, -0.1) is 0 Å². The summed E-state index contributed by atoms with van der Waals surface area (Å²) in [5, 5.41) is 6.82. The monoisotopic (exact) mass is 281 g/mol. The lowest BCUT2D eigenvalue weighted by atomic mass is 9.93. The van der Waals surface area contributed by atoms with Gasteiger partial charge in [0.1, 0.15) is 0 Å². The molecule has 0 radical (unpaired) electrons. The van der Waals surface area contributed by atoms with Crippen molar-refractivity contribution in [1.82, 2.24) is 15.5 Å². The number of rotatable bonds is 6. The molecule has 2 atom stereocenters. The molecule has 2 N–H and O–H groups in total. The average Bonchev–Trinajstić information content (AvgIpc) is 2.90. The molecule has 2 unspecified atom stereocenters. The van der Waals surface area contributed by atoms with E-state index in [9.17, 15) is 4.79 Å². The lowest BCUT2D eigenvalue weighted by Crippen LogP contribution is -2.51. The molecule has 2 aliphatic rings. The summed E-state index contributed by atoms with van der Waals surface area (Å²) in [4.78, 5) is 14.4. The van der Waals surface area contributed by atoms with E-state index in [0.717, 1.165) is 26.1 Å². The molecule has 1 saturated carbocycles. The molecule has 1 aliphatic carbocycles. The van der Waals surface area contributed by atoms with Gasteiger partial charge in [-0.1, -0.05) is 26.7 Å². The molecule has 1 amide bonds. The van der Waals surface area contributed by atoms with Crippen LogP contribution < -0.4 is 10.6 Å². The zero-order chi connectivity index (χ0) is 14.4. The van der Waals surface area contributed by atoms with Crippen LogP contribution in [0.4, 0.5) is 0 Å². The van der Waals surface area contributed by atoms with Gasteiger partial charge in [0.2, 0.25) is 5.91 Å². The Bertz CT molecular complexity index is 302. The zero-order valence-corrected chi connectivity index (χ0v) is 13.2. The summed E-state index contributed by atoms with van der Waals surface area (Å²) in [6.45, 7) is 8.29. The van der Waals surface area contributed by atoms with E-state index < -0.39 is 0 Å². The van der Waals surface area contributed by atoms with E-state index in [1.807, 2.05) is 0 Å². The van der Waals surface area contributed by atoms with Crippen molar-refractivity contribution in [3.05, 3.63) is 0 Å². The van der Waals surface area contributed by atoms with Crippen molar-refractivity contribution < 1.29 is 4.79 Å². The summed E-state index contributed by atoms with van der Waals surface area (Å²) in [6, 6.07) is 1.08. The fraction of sp³-hybridized carbons (Fsp3) is 0.938. The molecule has 20 heavy (non-hydrogen) atoms. The molecule has 2 fully saturated rings. The average molecular weight is 281 g/mol. The minimum atomic E-state index is 0.226. The normalized spacial score (nSPS) is 28.7. The van der Waals surface area contributed by atoms with Gasteiger partial charge < -0.3 is 10.6 Å². The van der Waals surface area contributed by atoms with E-state index in [-0.39, 0.29) is 5.91 Å². The number of nitrogens with one attached hydrogen (secondary N) is 2. The van der Waals surface area contributed by atoms with Crippen LogP contribution in [-0.4, -0.2) is 49.1 Å². The van der Waals surface area contributed by atoms with Crippen LogP contribution in [-0.2, 0) is 4.79 Å². The van der Waals surface area contributed by atoms with Crippen molar-refractivity contribution in [2.75, 3.05) is 26.2 Å². The molecule has 0 spiro atoms. The highest BCUT2D eigenvalue weighted by atomic mass is 16.2. The van der Waals surface area contributed by atoms with E-state index in [1.165, 1.54) is 32.1 Å². The number of likely N-dealkylation sites (tertiary alicyclic amines) is 1. The molecule has 1 saturated heterocycles. The van der Waals surface area contributed by atoms with E-state index in [4.69, 9.17) is 0 Å². The van der Waals surface area contributed by atoms with Gasteiger partial charge in [0.25, 0.3) is 0 Å². The summed E-state index contributed by atoms with van der Waals surface area (Å²) in [7, 11) is 0. The molecule has 1 aliphatic heterocycles. The molecule has 0 aromatic carbocycles. The first kappa shape index (κ1) is 15.8. The quantitative estimate of drug-likeness (QED) is 0.780. The molecule has 0 aromatic heterocycles. The molecule has 4 nitrogen and oxygen atoms in total. The summed E-state index contributed by atoms with van der Waals surface area (Å²) in [5.41, 5.74) is 0. The van der Waals surface area contributed by atoms with E-state index in [2.05, 4.69) is 29.4 Å². The number of hydrogen-bond donors (Lipinski definition) is 2. The maximum Gasteiger partial charge on any atom is 0.234 e. The Kier molecular flexibility index (Phi) is 6.30. The first-order valence-corrected chi connectivity index (χ1v) is 8.44. The molecular weight excluding hydrogens is 250 g/mol. The first-order valence-electron chi connectivity index (χ1n) is 8.44. The van der Waals surface area contributed by atoms with Gasteiger partial charge in [-0.05, 0) is 38.1 Å². The highest BCUT2D eigenvalue weighted by Crippen LogP contribution is 2.18. The van der Waals surface area contributed by atoms with Crippen LogP contribution in [0, 0.1) is 5.92 Å². The summed E-state index contributed by atoms with van der Waals surface area (Å²) in [6.07, 6.45) is 7.25. The fourth-order valence-corrected chi connectivity index (χ4v) is 3.56. The Morgan fingerprint density at radius 1 is 1.25 bits per heavy atom. The van der Waals surface area contributed by atoms with Gasteiger partial charge in [0.15, 0.2) is 0 Å².